The molecule has 174 valence electrons. The maximum atomic E-state index is 13.1. The third-order valence-electron chi connectivity index (χ3n) is 6.33. The zero-order valence-electron chi connectivity index (χ0n) is 18.9. The number of aromatic nitrogens is 1. The Hall–Kier alpha value is -2.62. The van der Waals surface area contributed by atoms with Crippen LogP contribution in [0.25, 0.3) is 0 Å². The molecule has 0 atom stereocenters. The molecular formula is C24H28N4O4S. The van der Waals surface area contributed by atoms with E-state index in [1.807, 2.05) is 24.8 Å². The average molecular weight is 469 g/mol. The van der Waals surface area contributed by atoms with Crippen molar-refractivity contribution in [2.24, 2.45) is 0 Å². The summed E-state index contributed by atoms with van der Waals surface area (Å²) in [7, 11) is 0. The van der Waals surface area contributed by atoms with E-state index in [9.17, 15) is 9.59 Å². The van der Waals surface area contributed by atoms with Crippen LogP contribution in [0.1, 0.15) is 34.5 Å². The predicted molar refractivity (Wildman–Crippen MR) is 127 cm³/mol. The Morgan fingerprint density at radius 2 is 1.85 bits per heavy atom. The molecule has 0 unspecified atom stereocenters. The SMILES string of the molecule is Cc1cc(C)c2c(n1)SCCN2C(=O)Nc1cccc(C(=O)N2CCC3(CC2)OCCO3)c1. The minimum absolute atomic E-state index is 0.0471. The number of rotatable bonds is 2. The number of nitrogens with zero attached hydrogens (tertiary/aromatic N) is 3. The molecule has 1 aromatic heterocycles. The number of urea groups is 1. The maximum Gasteiger partial charge on any atom is 0.326 e. The van der Waals surface area contributed by atoms with Gasteiger partial charge in [0.1, 0.15) is 5.03 Å². The number of anilines is 2. The summed E-state index contributed by atoms with van der Waals surface area (Å²) in [5.41, 5.74) is 3.99. The van der Waals surface area contributed by atoms with Gasteiger partial charge in [-0.2, -0.15) is 0 Å². The molecule has 3 aliphatic heterocycles. The number of amides is 3. The monoisotopic (exact) mass is 468 g/mol. The first-order valence-corrected chi connectivity index (χ1v) is 12.3. The molecule has 8 nitrogen and oxygen atoms in total. The Balaban J connectivity index is 1.28. The number of nitrogens with one attached hydrogen (secondary N) is 1. The molecule has 0 saturated carbocycles. The Bertz CT molecular complexity index is 1080. The molecule has 4 heterocycles. The lowest BCUT2D eigenvalue weighted by molar-refractivity contribution is -0.181. The molecule has 0 radical (unpaired) electrons. The normalized spacial score (nSPS) is 19.5. The molecule has 1 aromatic carbocycles. The quantitative estimate of drug-likeness (QED) is 0.721. The highest BCUT2D eigenvalue weighted by atomic mass is 32.2. The fourth-order valence-corrected chi connectivity index (χ4v) is 5.80. The Morgan fingerprint density at radius 1 is 1.09 bits per heavy atom. The van der Waals surface area contributed by atoms with Gasteiger partial charge < -0.3 is 19.7 Å². The fourth-order valence-electron chi connectivity index (χ4n) is 4.71. The summed E-state index contributed by atoms with van der Waals surface area (Å²) in [5, 5.41) is 3.86. The second kappa shape index (κ2) is 8.96. The number of carbonyl (C=O) groups excluding carboxylic acids is 2. The molecule has 5 rings (SSSR count). The Labute approximate surface area is 197 Å². The first-order chi connectivity index (χ1) is 15.9. The molecule has 3 aliphatic rings. The van der Waals surface area contributed by atoms with Crippen LogP contribution in [0.2, 0.25) is 0 Å². The molecule has 2 aromatic rings. The van der Waals surface area contributed by atoms with Gasteiger partial charge in [0.15, 0.2) is 5.79 Å². The standard InChI is InChI=1S/C24H28N4O4S/c1-16-14-17(2)25-21-20(16)28(10-13-33-21)23(30)26-19-5-3-4-18(15-19)22(29)27-8-6-24(7-9-27)31-11-12-32-24/h3-5,14-15H,6-13H2,1-2H3,(H,26,30). The van der Waals surface area contributed by atoms with Gasteiger partial charge in [-0.1, -0.05) is 6.07 Å². The van der Waals surface area contributed by atoms with Crippen molar-refractivity contribution in [3.05, 3.63) is 47.2 Å². The molecule has 2 fully saturated rings. The highest BCUT2D eigenvalue weighted by Gasteiger charge is 2.40. The van der Waals surface area contributed by atoms with Crippen molar-refractivity contribution in [2.45, 2.75) is 37.5 Å². The number of aryl methyl sites for hydroxylation is 2. The Kier molecular flexibility index (Phi) is 6.03. The van der Waals surface area contributed by atoms with Crippen molar-refractivity contribution >= 4 is 35.1 Å². The van der Waals surface area contributed by atoms with Crippen LogP contribution in [0, 0.1) is 13.8 Å². The summed E-state index contributed by atoms with van der Waals surface area (Å²) >= 11 is 1.67. The highest BCUT2D eigenvalue weighted by molar-refractivity contribution is 7.99. The predicted octanol–water partition coefficient (Wildman–Crippen LogP) is 3.82. The molecule has 0 aliphatic carbocycles. The van der Waals surface area contributed by atoms with Crippen LogP contribution in [-0.4, -0.2) is 66.2 Å². The van der Waals surface area contributed by atoms with Crippen molar-refractivity contribution in [2.75, 3.05) is 48.8 Å². The van der Waals surface area contributed by atoms with Crippen molar-refractivity contribution in [1.29, 1.82) is 0 Å². The molecule has 9 heteroatoms. The van der Waals surface area contributed by atoms with E-state index in [4.69, 9.17) is 9.47 Å². The zero-order valence-corrected chi connectivity index (χ0v) is 19.7. The summed E-state index contributed by atoms with van der Waals surface area (Å²) in [6, 6.07) is 8.91. The van der Waals surface area contributed by atoms with Gasteiger partial charge in [0.05, 0.1) is 18.9 Å². The Morgan fingerprint density at radius 3 is 2.61 bits per heavy atom. The molecular weight excluding hydrogens is 440 g/mol. The van der Waals surface area contributed by atoms with Crippen LogP contribution in [-0.2, 0) is 9.47 Å². The number of ether oxygens (including phenoxy) is 2. The molecule has 33 heavy (non-hydrogen) atoms. The third-order valence-corrected chi connectivity index (χ3v) is 7.28. The number of fused-ring (bicyclic) bond motifs is 1. The van der Waals surface area contributed by atoms with Crippen molar-refractivity contribution in [3.8, 4) is 0 Å². The number of benzene rings is 1. The number of pyridine rings is 1. The van der Waals surface area contributed by atoms with Crippen molar-refractivity contribution in [3.63, 3.8) is 0 Å². The van der Waals surface area contributed by atoms with Gasteiger partial charge in [0, 0.05) is 55.2 Å². The second-order valence-corrected chi connectivity index (χ2v) is 9.73. The smallest absolute Gasteiger partial charge is 0.326 e. The maximum absolute atomic E-state index is 13.1. The van der Waals surface area contributed by atoms with E-state index in [-0.39, 0.29) is 11.9 Å². The largest absolute Gasteiger partial charge is 0.347 e. The van der Waals surface area contributed by atoms with Crippen LogP contribution < -0.4 is 10.2 Å². The van der Waals surface area contributed by atoms with Gasteiger partial charge >= 0.3 is 6.03 Å². The number of piperidine rings is 1. The van der Waals surface area contributed by atoms with E-state index in [0.717, 1.165) is 27.7 Å². The molecule has 0 bridgehead atoms. The average Bonchev–Trinajstić information content (AvgIpc) is 3.26. The second-order valence-electron chi connectivity index (χ2n) is 8.65. The molecule has 3 amide bonds. The van der Waals surface area contributed by atoms with Gasteiger partial charge in [0.25, 0.3) is 5.91 Å². The van der Waals surface area contributed by atoms with Gasteiger partial charge in [-0.3, -0.25) is 9.69 Å². The lowest BCUT2D eigenvalue weighted by Crippen LogP contribution is -2.47. The number of likely N-dealkylation sites (tertiary alicyclic amines) is 1. The van der Waals surface area contributed by atoms with E-state index < -0.39 is 5.79 Å². The molecule has 1 spiro atoms. The van der Waals surface area contributed by atoms with Gasteiger partial charge in [-0.25, -0.2) is 9.78 Å². The van der Waals surface area contributed by atoms with E-state index in [2.05, 4.69) is 10.3 Å². The van der Waals surface area contributed by atoms with Crippen LogP contribution in [0.5, 0.6) is 0 Å². The molecule has 2 saturated heterocycles. The van der Waals surface area contributed by atoms with Crippen LogP contribution >= 0.6 is 11.8 Å². The van der Waals surface area contributed by atoms with Gasteiger partial charge in [-0.05, 0) is 43.7 Å². The first kappa shape index (κ1) is 22.2. The van der Waals surface area contributed by atoms with E-state index in [0.29, 0.717) is 56.9 Å². The van der Waals surface area contributed by atoms with Crippen LogP contribution in [0.15, 0.2) is 35.4 Å². The fraction of sp³-hybridized carbons (Fsp3) is 0.458. The summed E-state index contributed by atoms with van der Waals surface area (Å²) in [5.74, 6) is 0.231. The van der Waals surface area contributed by atoms with Crippen LogP contribution in [0.4, 0.5) is 16.2 Å². The van der Waals surface area contributed by atoms with E-state index in [1.54, 1.807) is 40.9 Å². The van der Waals surface area contributed by atoms with Gasteiger partial charge in [0.2, 0.25) is 0 Å². The number of carbonyl (C=O) groups is 2. The minimum Gasteiger partial charge on any atom is -0.347 e. The number of thioether (sulfide) groups is 1. The number of hydrogen-bond donors (Lipinski definition) is 1. The van der Waals surface area contributed by atoms with Crippen LogP contribution in [0.3, 0.4) is 0 Å². The van der Waals surface area contributed by atoms with E-state index in [1.165, 1.54) is 0 Å². The lowest BCUT2D eigenvalue weighted by Gasteiger charge is -2.37. The summed E-state index contributed by atoms with van der Waals surface area (Å²) in [4.78, 5) is 34.4. The minimum atomic E-state index is -0.513. The first-order valence-electron chi connectivity index (χ1n) is 11.3. The van der Waals surface area contributed by atoms with E-state index >= 15 is 0 Å². The summed E-state index contributed by atoms with van der Waals surface area (Å²) in [6.07, 6.45) is 1.35. The van der Waals surface area contributed by atoms with Gasteiger partial charge in [-0.15, -0.1) is 11.8 Å². The van der Waals surface area contributed by atoms with Crippen molar-refractivity contribution in [1.82, 2.24) is 9.88 Å². The zero-order chi connectivity index (χ0) is 23.0. The third kappa shape index (κ3) is 4.45. The summed E-state index contributed by atoms with van der Waals surface area (Å²) in [6.45, 7) is 6.98. The van der Waals surface area contributed by atoms with Crippen molar-refractivity contribution < 1.29 is 19.1 Å². The number of hydrogen-bond acceptors (Lipinski definition) is 6. The lowest BCUT2D eigenvalue weighted by atomic mass is 10.0. The topological polar surface area (TPSA) is 84.0 Å². The summed E-state index contributed by atoms with van der Waals surface area (Å²) < 4.78 is 11.5. The molecule has 1 N–H and O–H groups in total. The highest BCUT2D eigenvalue weighted by Crippen LogP contribution is 2.36.